The van der Waals surface area contributed by atoms with E-state index in [0.29, 0.717) is 12.2 Å². The van der Waals surface area contributed by atoms with Crippen molar-refractivity contribution in [3.05, 3.63) is 35.5 Å². The van der Waals surface area contributed by atoms with E-state index in [1.54, 1.807) is 13.3 Å². The first kappa shape index (κ1) is 12.3. The quantitative estimate of drug-likeness (QED) is 0.894. The van der Waals surface area contributed by atoms with Crippen LogP contribution in [0.1, 0.15) is 18.1 Å². The molecule has 1 aromatic heterocycles. The Morgan fingerprint density at radius 3 is 2.94 bits per heavy atom. The van der Waals surface area contributed by atoms with E-state index < -0.39 is 0 Å². The third kappa shape index (κ3) is 2.27. The van der Waals surface area contributed by atoms with E-state index in [-0.39, 0.29) is 0 Å². The third-order valence-corrected chi connectivity index (χ3v) is 2.72. The van der Waals surface area contributed by atoms with Crippen molar-refractivity contribution in [1.82, 2.24) is 4.98 Å². The normalized spacial score (nSPS) is 10.3. The number of pyridine rings is 1. The summed E-state index contributed by atoms with van der Waals surface area (Å²) in [6, 6.07) is 8.12. The first-order valence-electron chi connectivity index (χ1n) is 5.84. The number of nitrogens with one attached hydrogen (secondary N) is 1. The van der Waals surface area contributed by atoms with Gasteiger partial charge in [0.25, 0.3) is 0 Å². The maximum Gasteiger partial charge on any atom is 0.103 e. The summed E-state index contributed by atoms with van der Waals surface area (Å²) in [5.41, 5.74) is 3.37. The zero-order valence-electron chi connectivity index (χ0n) is 10.5. The highest BCUT2D eigenvalue weighted by molar-refractivity contribution is 5.94. The summed E-state index contributed by atoms with van der Waals surface area (Å²) in [4.78, 5) is 4.29. The van der Waals surface area contributed by atoms with Crippen LogP contribution in [-0.4, -0.2) is 18.6 Å². The summed E-state index contributed by atoms with van der Waals surface area (Å²) in [5.74, 6) is 0. The van der Waals surface area contributed by atoms with E-state index in [1.807, 2.05) is 25.1 Å². The topological polar surface area (TPSA) is 57.9 Å². The minimum Gasteiger partial charge on any atom is -0.384 e. The molecule has 0 saturated carbocycles. The number of hydrogen-bond donors (Lipinski definition) is 1. The number of fused-ring (bicyclic) bond motifs is 1. The van der Waals surface area contributed by atoms with E-state index in [2.05, 4.69) is 16.4 Å². The lowest BCUT2D eigenvalue weighted by molar-refractivity contribution is 0.185. The first-order chi connectivity index (χ1) is 8.80. The van der Waals surface area contributed by atoms with Gasteiger partial charge in [-0.1, -0.05) is 6.07 Å². The van der Waals surface area contributed by atoms with Crippen LogP contribution in [0.4, 0.5) is 5.69 Å². The van der Waals surface area contributed by atoms with Gasteiger partial charge >= 0.3 is 0 Å². The van der Waals surface area contributed by atoms with E-state index in [9.17, 15) is 0 Å². The number of methoxy groups -OCH3 is 1. The molecular formula is C14H15N3O. The molecule has 0 spiro atoms. The van der Waals surface area contributed by atoms with E-state index >= 15 is 0 Å². The van der Waals surface area contributed by atoms with Crippen molar-refractivity contribution < 1.29 is 4.74 Å². The number of aromatic nitrogens is 1. The fourth-order valence-electron chi connectivity index (χ4n) is 1.95. The molecule has 0 amide bonds. The van der Waals surface area contributed by atoms with Crippen LogP contribution >= 0.6 is 0 Å². The van der Waals surface area contributed by atoms with Gasteiger partial charge < -0.3 is 10.1 Å². The Morgan fingerprint density at radius 1 is 1.44 bits per heavy atom. The maximum absolute atomic E-state index is 9.12. The van der Waals surface area contributed by atoms with Crippen LogP contribution in [0.25, 0.3) is 10.9 Å². The SMILES string of the molecule is CCNc1c(C#N)cnc2ccc(COC)cc12. The van der Waals surface area contributed by atoms with Crippen LogP contribution < -0.4 is 5.32 Å². The summed E-state index contributed by atoms with van der Waals surface area (Å²) in [7, 11) is 1.67. The Kier molecular flexibility index (Phi) is 3.75. The van der Waals surface area contributed by atoms with Crippen LogP contribution in [0.3, 0.4) is 0 Å². The summed E-state index contributed by atoms with van der Waals surface area (Å²) < 4.78 is 5.13. The molecule has 18 heavy (non-hydrogen) atoms. The standard InChI is InChI=1S/C14H15N3O/c1-3-16-14-11(7-15)8-17-13-5-4-10(9-18-2)6-12(13)14/h4-6,8H,3,9H2,1-2H3,(H,16,17). The van der Waals surface area contributed by atoms with Gasteiger partial charge in [-0.3, -0.25) is 4.98 Å². The second-order valence-electron chi connectivity index (χ2n) is 3.97. The highest BCUT2D eigenvalue weighted by Crippen LogP contribution is 2.26. The molecule has 2 aromatic rings. The van der Waals surface area contributed by atoms with Gasteiger partial charge in [-0.15, -0.1) is 0 Å². The Bertz CT molecular complexity index is 602. The van der Waals surface area contributed by atoms with Crippen LogP contribution in [0.2, 0.25) is 0 Å². The summed E-state index contributed by atoms with van der Waals surface area (Å²) in [5, 5.41) is 13.3. The lowest BCUT2D eigenvalue weighted by Gasteiger charge is -2.10. The molecule has 0 aliphatic carbocycles. The Labute approximate surface area is 106 Å². The second kappa shape index (κ2) is 5.48. The molecule has 0 fully saturated rings. The number of hydrogen-bond acceptors (Lipinski definition) is 4. The number of nitriles is 1. The maximum atomic E-state index is 9.12. The fraction of sp³-hybridized carbons (Fsp3) is 0.286. The highest BCUT2D eigenvalue weighted by atomic mass is 16.5. The van der Waals surface area contributed by atoms with Gasteiger partial charge in [0.05, 0.1) is 23.4 Å². The van der Waals surface area contributed by atoms with Gasteiger partial charge in [-0.2, -0.15) is 5.26 Å². The van der Waals surface area contributed by atoms with Crippen LogP contribution in [0, 0.1) is 11.3 Å². The minimum absolute atomic E-state index is 0.554. The van der Waals surface area contributed by atoms with Crippen molar-refractivity contribution in [3.63, 3.8) is 0 Å². The van der Waals surface area contributed by atoms with Gasteiger partial charge in [0.2, 0.25) is 0 Å². The molecule has 2 rings (SSSR count). The average molecular weight is 241 g/mol. The van der Waals surface area contributed by atoms with Gasteiger partial charge in [0.15, 0.2) is 0 Å². The molecule has 0 aliphatic heterocycles. The predicted molar refractivity (Wildman–Crippen MR) is 71.3 cm³/mol. The van der Waals surface area contributed by atoms with Crippen molar-refractivity contribution in [1.29, 1.82) is 5.26 Å². The first-order valence-corrected chi connectivity index (χ1v) is 5.84. The smallest absolute Gasteiger partial charge is 0.103 e. The van der Waals surface area contributed by atoms with Gasteiger partial charge in [0, 0.05) is 25.2 Å². The van der Waals surface area contributed by atoms with Gasteiger partial charge in [0.1, 0.15) is 6.07 Å². The predicted octanol–water partition coefficient (Wildman–Crippen LogP) is 2.68. The third-order valence-electron chi connectivity index (χ3n) is 2.72. The molecule has 1 aromatic carbocycles. The zero-order chi connectivity index (χ0) is 13.0. The van der Waals surface area contributed by atoms with E-state index in [0.717, 1.165) is 28.7 Å². The summed E-state index contributed by atoms with van der Waals surface area (Å²) in [6.45, 7) is 3.33. The largest absolute Gasteiger partial charge is 0.384 e. The fourth-order valence-corrected chi connectivity index (χ4v) is 1.95. The number of anilines is 1. The average Bonchev–Trinajstić information content (AvgIpc) is 2.40. The van der Waals surface area contributed by atoms with E-state index in [4.69, 9.17) is 10.00 Å². The van der Waals surface area contributed by atoms with Gasteiger partial charge in [-0.05, 0) is 24.6 Å². The van der Waals surface area contributed by atoms with Crippen molar-refractivity contribution in [2.75, 3.05) is 19.0 Å². The molecule has 92 valence electrons. The number of rotatable bonds is 4. The van der Waals surface area contributed by atoms with Gasteiger partial charge in [-0.25, -0.2) is 0 Å². The molecule has 0 aliphatic rings. The second-order valence-corrected chi connectivity index (χ2v) is 3.97. The molecule has 0 bridgehead atoms. The molecule has 1 heterocycles. The van der Waals surface area contributed by atoms with E-state index in [1.165, 1.54) is 0 Å². The van der Waals surface area contributed by atoms with Crippen LogP contribution in [-0.2, 0) is 11.3 Å². The lowest BCUT2D eigenvalue weighted by Crippen LogP contribution is -2.01. The number of ether oxygens (including phenoxy) is 1. The van der Waals surface area contributed by atoms with Crippen LogP contribution in [0.5, 0.6) is 0 Å². The number of nitrogens with zero attached hydrogens (tertiary/aromatic N) is 2. The molecule has 0 saturated heterocycles. The molecule has 1 N–H and O–H groups in total. The Hall–Kier alpha value is -2.12. The summed E-state index contributed by atoms with van der Waals surface area (Å²) in [6.07, 6.45) is 1.61. The van der Waals surface area contributed by atoms with Crippen molar-refractivity contribution >= 4 is 16.6 Å². The monoisotopic (exact) mass is 241 g/mol. The highest BCUT2D eigenvalue weighted by Gasteiger charge is 2.08. The molecule has 0 atom stereocenters. The molecule has 0 unspecified atom stereocenters. The number of benzene rings is 1. The molecular weight excluding hydrogens is 226 g/mol. The van der Waals surface area contributed by atoms with Crippen molar-refractivity contribution in [3.8, 4) is 6.07 Å². The van der Waals surface area contributed by atoms with Crippen molar-refractivity contribution in [2.45, 2.75) is 13.5 Å². The zero-order valence-corrected chi connectivity index (χ0v) is 10.5. The Balaban J connectivity index is 2.64. The molecule has 4 nitrogen and oxygen atoms in total. The van der Waals surface area contributed by atoms with Crippen molar-refractivity contribution in [2.24, 2.45) is 0 Å². The molecule has 0 radical (unpaired) electrons. The molecule has 4 heteroatoms. The minimum atomic E-state index is 0.554. The summed E-state index contributed by atoms with van der Waals surface area (Å²) >= 11 is 0. The Morgan fingerprint density at radius 2 is 2.28 bits per heavy atom. The lowest BCUT2D eigenvalue weighted by atomic mass is 10.1. The van der Waals surface area contributed by atoms with Crippen LogP contribution in [0.15, 0.2) is 24.4 Å².